The molecule has 0 aliphatic carbocycles. The predicted molar refractivity (Wildman–Crippen MR) is 90.0 cm³/mol. The number of nitro benzene ring substituents is 1. The van der Waals surface area contributed by atoms with Crippen LogP contribution in [-0.4, -0.2) is 34.7 Å². The summed E-state index contributed by atoms with van der Waals surface area (Å²) in [5, 5.41) is 11.1. The summed E-state index contributed by atoms with van der Waals surface area (Å²) in [6, 6.07) is 7.82. The van der Waals surface area contributed by atoms with Crippen molar-refractivity contribution in [2.45, 2.75) is 4.90 Å². The number of ether oxygens (including phenoxy) is 3. The Kier molecular flexibility index (Phi) is 5.32. The monoisotopic (exact) mass is 368 g/mol. The predicted octanol–water partition coefficient (Wildman–Crippen LogP) is 2.42. The van der Waals surface area contributed by atoms with Crippen LogP contribution in [0.3, 0.4) is 0 Å². The van der Waals surface area contributed by atoms with Crippen LogP contribution >= 0.6 is 0 Å². The molecule has 0 fully saturated rings. The molecule has 0 bridgehead atoms. The lowest BCUT2D eigenvalue weighted by Gasteiger charge is -2.15. The number of hydrogen-bond acceptors (Lipinski definition) is 7. The molecule has 0 spiro atoms. The van der Waals surface area contributed by atoms with E-state index in [0.717, 1.165) is 12.1 Å². The fraction of sp³-hybridized carbons (Fsp3) is 0.200. The first-order chi connectivity index (χ1) is 11.8. The van der Waals surface area contributed by atoms with Crippen LogP contribution < -0.4 is 18.9 Å². The zero-order chi connectivity index (χ0) is 18.6. The summed E-state index contributed by atoms with van der Waals surface area (Å²) in [5.41, 5.74) is -0.421. The Morgan fingerprint density at radius 3 is 2.04 bits per heavy atom. The lowest BCUT2D eigenvalue weighted by atomic mass is 10.2. The molecule has 0 heterocycles. The molecule has 9 nitrogen and oxygen atoms in total. The molecule has 0 aliphatic heterocycles. The molecule has 0 atom stereocenters. The van der Waals surface area contributed by atoms with Crippen LogP contribution in [0.25, 0.3) is 0 Å². The van der Waals surface area contributed by atoms with E-state index in [0.29, 0.717) is 5.75 Å². The van der Waals surface area contributed by atoms with Crippen LogP contribution in [0.2, 0.25) is 0 Å². The van der Waals surface area contributed by atoms with Crippen molar-refractivity contribution in [3.8, 4) is 17.2 Å². The molecule has 25 heavy (non-hydrogen) atoms. The number of nitro groups is 1. The molecule has 10 heteroatoms. The molecule has 134 valence electrons. The molecule has 0 radical (unpaired) electrons. The molecule has 0 saturated carbocycles. The lowest BCUT2D eigenvalue weighted by Crippen LogP contribution is -2.15. The fourth-order valence-corrected chi connectivity index (χ4v) is 3.40. The Morgan fingerprint density at radius 1 is 1.00 bits per heavy atom. The largest absolute Gasteiger partial charge is 0.493 e. The topological polar surface area (TPSA) is 117 Å². The van der Waals surface area contributed by atoms with E-state index >= 15 is 0 Å². The van der Waals surface area contributed by atoms with Gasteiger partial charge in [-0.3, -0.25) is 14.8 Å². The van der Waals surface area contributed by atoms with Gasteiger partial charge in [0, 0.05) is 18.2 Å². The molecule has 2 aromatic rings. The van der Waals surface area contributed by atoms with Crippen LogP contribution in [0.15, 0.2) is 41.3 Å². The fourth-order valence-electron chi connectivity index (χ4n) is 2.19. The number of benzene rings is 2. The molecule has 2 rings (SSSR count). The second-order valence-corrected chi connectivity index (χ2v) is 6.40. The number of rotatable bonds is 7. The van der Waals surface area contributed by atoms with Gasteiger partial charge < -0.3 is 14.2 Å². The van der Waals surface area contributed by atoms with Crippen molar-refractivity contribution in [2.75, 3.05) is 26.1 Å². The molecular formula is C15H16N2O7S. The van der Waals surface area contributed by atoms with Gasteiger partial charge in [-0.25, -0.2) is 8.42 Å². The van der Waals surface area contributed by atoms with Crippen molar-refractivity contribution in [1.82, 2.24) is 0 Å². The van der Waals surface area contributed by atoms with Gasteiger partial charge in [-0.15, -0.1) is 0 Å². The average Bonchev–Trinajstić information content (AvgIpc) is 2.60. The minimum Gasteiger partial charge on any atom is -0.493 e. The van der Waals surface area contributed by atoms with Crippen molar-refractivity contribution in [3.63, 3.8) is 0 Å². The third kappa shape index (κ3) is 3.74. The molecule has 0 amide bonds. The zero-order valence-electron chi connectivity index (χ0n) is 13.7. The third-order valence-electron chi connectivity index (χ3n) is 3.27. The highest BCUT2D eigenvalue weighted by Crippen LogP contribution is 2.40. The quantitative estimate of drug-likeness (QED) is 0.589. The van der Waals surface area contributed by atoms with Crippen LogP contribution in [0.1, 0.15) is 0 Å². The maximum atomic E-state index is 12.6. The van der Waals surface area contributed by atoms with Gasteiger partial charge in [-0.05, 0) is 6.07 Å². The van der Waals surface area contributed by atoms with Crippen molar-refractivity contribution in [3.05, 3.63) is 46.5 Å². The highest BCUT2D eigenvalue weighted by atomic mass is 32.2. The first kappa shape index (κ1) is 18.3. The van der Waals surface area contributed by atoms with Gasteiger partial charge in [0.1, 0.15) is 0 Å². The van der Waals surface area contributed by atoms with E-state index in [4.69, 9.17) is 14.2 Å². The van der Waals surface area contributed by atoms with E-state index in [9.17, 15) is 18.5 Å². The highest BCUT2D eigenvalue weighted by molar-refractivity contribution is 7.92. The smallest absolute Gasteiger partial charge is 0.289 e. The van der Waals surface area contributed by atoms with E-state index in [2.05, 4.69) is 4.72 Å². The number of methoxy groups -OCH3 is 3. The molecular weight excluding hydrogens is 352 g/mol. The number of anilines is 1. The van der Waals surface area contributed by atoms with E-state index in [1.54, 1.807) is 0 Å². The van der Waals surface area contributed by atoms with E-state index in [1.807, 2.05) is 0 Å². The number of nitrogens with one attached hydrogen (secondary N) is 1. The van der Waals surface area contributed by atoms with Crippen LogP contribution in [0.5, 0.6) is 17.2 Å². The van der Waals surface area contributed by atoms with Gasteiger partial charge in [0.25, 0.3) is 15.7 Å². The first-order valence-corrected chi connectivity index (χ1v) is 8.38. The Hall–Kier alpha value is -3.01. The standard InChI is InChI=1S/C15H16N2O7S/c1-22-12-8-10(9-13(23-2)15(12)24-3)16-25(20,21)14-7-5-4-6-11(14)17(18)19/h4-9,16H,1-3H3. The minimum absolute atomic E-state index is 0.104. The lowest BCUT2D eigenvalue weighted by molar-refractivity contribution is -0.387. The van der Waals surface area contributed by atoms with Crippen molar-refractivity contribution in [1.29, 1.82) is 0 Å². The molecule has 2 aromatic carbocycles. The average molecular weight is 368 g/mol. The second kappa shape index (κ2) is 7.26. The normalized spacial score (nSPS) is 10.8. The number of nitrogens with zero attached hydrogens (tertiary/aromatic N) is 1. The van der Waals surface area contributed by atoms with E-state index in [1.165, 1.54) is 45.6 Å². The first-order valence-electron chi connectivity index (χ1n) is 6.90. The Morgan fingerprint density at radius 2 is 1.56 bits per heavy atom. The van der Waals surface area contributed by atoms with Crippen molar-refractivity contribution >= 4 is 21.4 Å². The molecule has 0 unspecified atom stereocenters. The van der Waals surface area contributed by atoms with Gasteiger partial charge in [0.2, 0.25) is 5.75 Å². The van der Waals surface area contributed by atoms with E-state index < -0.39 is 25.5 Å². The van der Waals surface area contributed by atoms with Crippen LogP contribution in [-0.2, 0) is 10.0 Å². The zero-order valence-corrected chi connectivity index (χ0v) is 14.5. The number of hydrogen-bond donors (Lipinski definition) is 1. The summed E-state index contributed by atoms with van der Waals surface area (Å²) in [6.45, 7) is 0. The summed E-state index contributed by atoms with van der Waals surface area (Å²) in [4.78, 5) is 9.85. The molecule has 1 N–H and O–H groups in total. The van der Waals surface area contributed by atoms with Gasteiger partial charge in [0.15, 0.2) is 16.4 Å². The second-order valence-electron chi connectivity index (χ2n) is 4.74. The summed E-state index contributed by atoms with van der Waals surface area (Å²) >= 11 is 0. The maximum Gasteiger partial charge on any atom is 0.289 e. The van der Waals surface area contributed by atoms with Gasteiger partial charge in [-0.1, -0.05) is 12.1 Å². The summed E-state index contributed by atoms with van der Waals surface area (Å²) in [5.74, 6) is 0.767. The van der Waals surface area contributed by atoms with Gasteiger partial charge >= 0.3 is 0 Å². The Bertz CT molecular complexity index is 871. The molecule has 0 aromatic heterocycles. The van der Waals surface area contributed by atoms with Crippen molar-refractivity contribution < 1.29 is 27.6 Å². The number of para-hydroxylation sites is 1. The Balaban J connectivity index is 2.50. The highest BCUT2D eigenvalue weighted by Gasteiger charge is 2.26. The Labute approximate surface area is 144 Å². The summed E-state index contributed by atoms with van der Waals surface area (Å²) < 4.78 is 42.9. The number of sulfonamides is 1. The van der Waals surface area contributed by atoms with Crippen LogP contribution in [0, 0.1) is 10.1 Å². The molecule has 0 saturated heterocycles. The third-order valence-corrected chi connectivity index (χ3v) is 4.70. The molecule has 0 aliphatic rings. The van der Waals surface area contributed by atoms with Gasteiger partial charge in [0.05, 0.1) is 31.9 Å². The SMILES string of the molecule is COc1cc(NS(=O)(=O)c2ccccc2[N+](=O)[O-])cc(OC)c1OC. The minimum atomic E-state index is -4.20. The van der Waals surface area contributed by atoms with Crippen molar-refractivity contribution in [2.24, 2.45) is 0 Å². The van der Waals surface area contributed by atoms with Crippen LogP contribution in [0.4, 0.5) is 11.4 Å². The summed E-state index contributed by atoms with van der Waals surface area (Å²) in [6.07, 6.45) is 0. The van der Waals surface area contributed by atoms with Gasteiger partial charge in [-0.2, -0.15) is 0 Å². The summed E-state index contributed by atoms with van der Waals surface area (Å²) in [7, 11) is -0.0149. The maximum absolute atomic E-state index is 12.6. The van der Waals surface area contributed by atoms with E-state index in [-0.39, 0.29) is 17.2 Å².